The SMILES string of the molecule is Cc1ccc(CC(C)NC(=O)CC2CCN(C(=O)CCc3cccc(F)c3)CC2)cc1. The maximum Gasteiger partial charge on any atom is 0.222 e. The van der Waals surface area contributed by atoms with E-state index < -0.39 is 0 Å². The summed E-state index contributed by atoms with van der Waals surface area (Å²) in [5.41, 5.74) is 3.31. The molecule has 4 nitrogen and oxygen atoms in total. The van der Waals surface area contributed by atoms with Gasteiger partial charge in [-0.05, 0) is 68.7 Å². The zero-order chi connectivity index (χ0) is 22.2. The first-order chi connectivity index (χ1) is 14.9. The maximum absolute atomic E-state index is 13.3. The van der Waals surface area contributed by atoms with Crippen LogP contribution in [-0.2, 0) is 22.4 Å². The molecule has 0 aliphatic carbocycles. The maximum atomic E-state index is 13.3. The molecule has 2 aromatic carbocycles. The van der Waals surface area contributed by atoms with E-state index in [0.717, 1.165) is 24.8 Å². The van der Waals surface area contributed by atoms with Crippen molar-refractivity contribution in [3.63, 3.8) is 0 Å². The average molecular weight is 425 g/mol. The second-order valence-corrected chi connectivity index (χ2v) is 8.82. The van der Waals surface area contributed by atoms with E-state index in [2.05, 4.69) is 36.5 Å². The van der Waals surface area contributed by atoms with Crippen molar-refractivity contribution in [2.45, 2.75) is 58.4 Å². The van der Waals surface area contributed by atoms with Crippen LogP contribution >= 0.6 is 0 Å². The van der Waals surface area contributed by atoms with Crippen LogP contribution in [0.15, 0.2) is 48.5 Å². The molecule has 31 heavy (non-hydrogen) atoms. The van der Waals surface area contributed by atoms with Crippen LogP contribution in [-0.4, -0.2) is 35.8 Å². The number of aryl methyl sites for hydroxylation is 2. The zero-order valence-electron chi connectivity index (χ0n) is 18.6. The first-order valence-corrected chi connectivity index (χ1v) is 11.3. The molecule has 1 unspecified atom stereocenters. The van der Waals surface area contributed by atoms with Crippen LogP contribution in [0.1, 0.15) is 49.3 Å². The summed E-state index contributed by atoms with van der Waals surface area (Å²) < 4.78 is 13.3. The van der Waals surface area contributed by atoms with Crippen LogP contribution in [0.25, 0.3) is 0 Å². The molecule has 1 heterocycles. The molecule has 1 saturated heterocycles. The molecule has 1 aliphatic rings. The summed E-state index contributed by atoms with van der Waals surface area (Å²) in [7, 11) is 0. The molecule has 1 aliphatic heterocycles. The number of carbonyl (C=O) groups excluding carboxylic acids is 2. The van der Waals surface area contributed by atoms with Gasteiger partial charge in [-0.25, -0.2) is 4.39 Å². The first kappa shape index (κ1) is 23.0. The Kier molecular flexibility index (Phi) is 8.21. The van der Waals surface area contributed by atoms with Crippen LogP contribution in [0.3, 0.4) is 0 Å². The van der Waals surface area contributed by atoms with Crippen molar-refractivity contribution < 1.29 is 14.0 Å². The molecule has 166 valence electrons. The number of hydrogen-bond donors (Lipinski definition) is 1. The van der Waals surface area contributed by atoms with Crippen LogP contribution < -0.4 is 5.32 Å². The summed E-state index contributed by atoms with van der Waals surface area (Å²) in [6.45, 7) is 5.49. The lowest BCUT2D eigenvalue weighted by molar-refractivity contribution is -0.132. The first-order valence-electron chi connectivity index (χ1n) is 11.3. The van der Waals surface area contributed by atoms with Crippen molar-refractivity contribution >= 4 is 11.8 Å². The van der Waals surface area contributed by atoms with Gasteiger partial charge in [-0.1, -0.05) is 42.0 Å². The highest BCUT2D eigenvalue weighted by atomic mass is 19.1. The summed E-state index contributed by atoms with van der Waals surface area (Å²) in [5.74, 6) is 0.255. The van der Waals surface area contributed by atoms with E-state index in [9.17, 15) is 14.0 Å². The number of piperidine rings is 1. The summed E-state index contributed by atoms with van der Waals surface area (Å²) >= 11 is 0. The van der Waals surface area contributed by atoms with E-state index in [0.29, 0.717) is 38.3 Å². The standard InChI is InChI=1S/C26H33FN2O2/c1-19-6-8-22(9-7-19)16-20(2)28-25(30)18-23-12-14-29(15-13-23)26(31)11-10-21-4-3-5-24(27)17-21/h3-9,17,20,23H,10-16,18H2,1-2H3,(H,28,30). The Hall–Kier alpha value is -2.69. The minimum absolute atomic E-state index is 0.0930. The highest BCUT2D eigenvalue weighted by molar-refractivity contribution is 5.77. The number of halogens is 1. The third-order valence-corrected chi connectivity index (χ3v) is 6.03. The molecular formula is C26H33FN2O2. The van der Waals surface area contributed by atoms with Crippen molar-refractivity contribution in [1.82, 2.24) is 10.2 Å². The summed E-state index contributed by atoms with van der Waals surface area (Å²) in [6.07, 6.45) is 3.99. The molecule has 0 spiro atoms. The Labute approximate surface area is 184 Å². The molecule has 0 bridgehead atoms. The highest BCUT2D eigenvalue weighted by Gasteiger charge is 2.24. The molecule has 5 heteroatoms. The number of rotatable bonds is 8. The second kappa shape index (κ2) is 11.1. The molecule has 0 aromatic heterocycles. The number of hydrogen-bond acceptors (Lipinski definition) is 2. The summed E-state index contributed by atoms with van der Waals surface area (Å²) in [5, 5.41) is 3.12. The quantitative estimate of drug-likeness (QED) is 0.681. The van der Waals surface area contributed by atoms with Gasteiger partial charge < -0.3 is 10.2 Å². The van der Waals surface area contributed by atoms with Crippen molar-refractivity contribution in [1.29, 1.82) is 0 Å². The Morgan fingerprint density at radius 3 is 2.48 bits per heavy atom. The number of nitrogens with zero attached hydrogens (tertiary/aromatic N) is 1. The van der Waals surface area contributed by atoms with Gasteiger partial charge in [0.1, 0.15) is 5.82 Å². The molecule has 1 N–H and O–H groups in total. The van der Waals surface area contributed by atoms with Crippen molar-refractivity contribution in [3.8, 4) is 0 Å². The molecule has 1 atom stereocenters. The van der Waals surface area contributed by atoms with E-state index in [-0.39, 0.29) is 23.7 Å². The lowest BCUT2D eigenvalue weighted by Gasteiger charge is -2.32. The fourth-order valence-electron chi connectivity index (χ4n) is 4.21. The Balaban J connectivity index is 1.35. The van der Waals surface area contributed by atoms with Crippen LogP contribution in [0.5, 0.6) is 0 Å². The van der Waals surface area contributed by atoms with Crippen LogP contribution in [0, 0.1) is 18.7 Å². The minimum Gasteiger partial charge on any atom is -0.353 e. The monoisotopic (exact) mass is 424 g/mol. The predicted molar refractivity (Wildman–Crippen MR) is 121 cm³/mol. The van der Waals surface area contributed by atoms with E-state index in [4.69, 9.17) is 0 Å². The normalized spacial score (nSPS) is 15.5. The second-order valence-electron chi connectivity index (χ2n) is 8.82. The Bertz CT molecular complexity index is 873. The van der Waals surface area contributed by atoms with Gasteiger partial charge in [0, 0.05) is 32.0 Å². The average Bonchev–Trinajstić information content (AvgIpc) is 2.74. The van der Waals surface area contributed by atoms with E-state index >= 15 is 0 Å². The van der Waals surface area contributed by atoms with Gasteiger partial charge in [-0.3, -0.25) is 9.59 Å². The van der Waals surface area contributed by atoms with Crippen molar-refractivity contribution in [2.24, 2.45) is 5.92 Å². The predicted octanol–water partition coefficient (Wildman–Crippen LogP) is 4.44. The fraction of sp³-hybridized carbons (Fsp3) is 0.462. The fourth-order valence-corrected chi connectivity index (χ4v) is 4.21. The Morgan fingerprint density at radius 1 is 1.10 bits per heavy atom. The zero-order valence-corrected chi connectivity index (χ0v) is 18.6. The molecule has 2 amide bonds. The molecule has 3 rings (SSSR count). The minimum atomic E-state index is -0.266. The molecule has 1 fully saturated rings. The smallest absolute Gasteiger partial charge is 0.222 e. The highest BCUT2D eigenvalue weighted by Crippen LogP contribution is 2.21. The number of carbonyl (C=O) groups is 2. The van der Waals surface area contributed by atoms with E-state index in [1.54, 1.807) is 6.07 Å². The lowest BCUT2D eigenvalue weighted by atomic mass is 9.92. The molecule has 0 radical (unpaired) electrons. The van der Waals surface area contributed by atoms with Crippen molar-refractivity contribution in [3.05, 3.63) is 71.0 Å². The van der Waals surface area contributed by atoms with Gasteiger partial charge in [0.05, 0.1) is 0 Å². The third kappa shape index (κ3) is 7.50. The van der Waals surface area contributed by atoms with E-state index in [1.807, 2.05) is 17.9 Å². The van der Waals surface area contributed by atoms with Gasteiger partial charge in [0.15, 0.2) is 0 Å². The number of likely N-dealkylation sites (tertiary alicyclic amines) is 1. The van der Waals surface area contributed by atoms with E-state index in [1.165, 1.54) is 23.3 Å². The van der Waals surface area contributed by atoms with Gasteiger partial charge in [0.25, 0.3) is 0 Å². The van der Waals surface area contributed by atoms with Crippen LogP contribution in [0.4, 0.5) is 4.39 Å². The number of benzene rings is 2. The molecule has 2 aromatic rings. The third-order valence-electron chi connectivity index (χ3n) is 6.03. The summed E-state index contributed by atoms with van der Waals surface area (Å²) in [4.78, 5) is 26.8. The van der Waals surface area contributed by atoms with Crippen molar-refractivity contribution in [2.75, 3.05) is 13.1 Å². The number of amides is 2. The topological polar surface area (TPSA) is 49.4 Å². The Morgan fingerprint density at radius 2 is 1.81 bits per heavy atom. The van der Waals surface area contributed by atoms with Gasteiger partial charge in [-0.15, -0.1) is 0 Å². The lowest BCUT2D eigenvalue weighted by Crippen LogP contribution is -2.41. The molecular weight excluding hydrogens is 391 g/mol. The van der Waals surface area contributed by atoms with Gasteiger partial charge >= 0.3 is 0 Å². The number of nitrogens with one attached hydrogen (secondary N) is 1. The van der Waals surface area contributed by atoms with Crippen LogP contribution in [0.2, 0.25) is 0 Å². The molecule has 0 saturated carbocycles. The summed E-state index contributed by atoms with van der Waals surface area (Å²) in [6, 6.07) is 14.9. The van der Waals surface area contributed by atoms with Gasteiger partial charge in [-0.2, -0.15) is 0 Å². The van der Waals surface area contributed by atoms with Gasteiger partial charge in [0.2, 0.25) is 11.8 Å². The largest absolute Gasteiger partial charge is 0.353 e.